The average molecular weight is 1000 g/mol. The van der Waals surface area contributed by atoms with Crippen LogP contribution in [0.1, 0.15) is 0 Å². The molecular weight excluding hydrogens is 955 g/mol. The Morgan fingerprint density at radius 2 is 0.844 bits per heavy atom. The predicted octanol–water partition coefficient (Wildman–Crippen LogP) is 21.0. The van der Waals surface area contributed by atoms with E-state index in [2.05, 4.69) is 299 Å². The van der Waals surface area contributed by atoms with Gasteiger partial charge in [-0.25, -0.2) is 0 Å². The van der Waals surface area contributed by atoms with Gasteiger partial charge in [0.25, 0.3) is 0 Å². The highest BCUT2D eigenvalue weighted by Gasteiger charge is 2.26. The molecule has 15 aromatic rings. The molecule has 0 aliphatic heterocycles. The van der Waals surface area contributed by atoms with E-state index in [-0.39, 0.29) is 0 Å². The molecule has 0 N–H and O–H groups in total. The van der Waals surface area contributed by atoms with Crippen LogP contribution in [0.2, 0.25) is 0 Å². The molecule has 15 rings (SSSR count). The fourth-order valence-electron chi connectivity index (χ4n) is 11.7. The van der Waals surface area contributed by atoms with Gasteiger partial charge in [0.1, 0.15) is 5.58 Å². The zero-order valence-electron chi connectivity index (χ0n) is 41.8. The van der Waals surface area contributed by atoms with E-state index >= 15 is 0 Å². The molecule has 0 saturated heterocycles. The summed E-state index contributed by atoms with van der Waals surface area (Å²) in [5.41, 5.74) is 18.0. The number of hydrogen-bond donors (Lipinski definition) is 0. The molecule has 0 atom stereocenters. The third-order valence-electron chi connectivity index (χ3n) is 15.1. The molecule has 0 fully saturated rings. The minimum atomic E-state index is 0.845. The van der Waals surface area contributed by atoms with Gasteiger partial charge in [-0.05, 0) is 137 Å². The van der Waals surface area contributed by atoms with Crippen LogP contribution in [0.4, 0.5) is 34.1 Å². The van der Waals surface area contributed by atoms with Crippen molar-refractivity contribution in [2.24, 2.45) is 0 Å². The topological polar surface area (TPSA) is 24.6 Å². The fraction of sp³-hybridized carbons (Fsp3) is 0. The molecule has 0 unspecified atom stereocenters. The molecule has 362 valence electrons. The molecular formula is C72H47N3OS. The van der Waals surface area contributed by atoms with Gasteiger partial charge >= 0.3 is 0 Å². The van der Waals surface area contributed by atoms with Crippen LogP contribution in [0, 0.1) is 0 Å². The summed E-state index contributed by atoms with van der Waals surface area (Å²) in [6, 6.07) is 103. The standard InChI is InChI=1S/C72H47N3OS/c1-5-20-48(21-6-1)50-36-40-55(41-37-50)73(56-42-38-51(39-43-56)49-22-7-2-8-23-49)57-44-52(45-58(46-57)74(53-24-9-3-10-25-53)65-32-19-35-68-70(65)61-30-15-18-34-67(61)77-68)62-47-63-59-28-13-16-31-64(59)75(54-26-11-4-12-27-54)71(63)72-69(62)60-29-14-17-33-66(60)76-72/h1-47H. The first-order valence-electron chi connectivity index (χ1n) is 26.1. The molecule has 77 heavy (non-hydrogen) atoms. The van der Waals surface area contributed by atoms with E-state index in [0.29, 0.717) is 0 Å². The average Bonchev–Trinajstić information content (AvgIpc) is 4.30. The van der Waals surface area contributed by atoms with Gasteiger partial charge in [-0.1, -0.05) is 182 Å². The lowest BCUT2D eigenvalue weighted by Gasteiger charge is -2.31. The van der Waals surface area contributed by atoms with E-state index in [0.717, 1.165) is 106 Å². The monoisotopic (exact) mass is 1000 g/mol. The summed E-state index contributed by atoms with van der Waals surface area (Å²) in [6.07, 6.45) is 0. The van der Waals surface area contributed by atoms with Crippen LogP contribution >= 0.6 is 11.3 Å². The van der Waals surface area contributed by atoms with Crippen molar-refractivity contribution >= 4 is 109 Å². The van der Waals surface area contributed by atoms with Crippen molar-refractivity contribution in [1.82, 2.24) is 4.57 Å². The highest BCUT2D eigenvalue weighted by Crippen LogP contribution is 2.51. The number of nitrogens with zero attached hydrogens (tertiary/aromatic N) is 3. The smallest absolute Gasteiger partial charge is 0.160 e. The molecule has 0 saturated carbocycles. The van der Waals surface area contributed by atoms with Crippen molar-refractivity contribution in [3.8, 4) is 39.1 Å². The van der Waals surface area contributed by atoms with Gasteiger partial charge in [-0.15, -0.1) is 11.3 Å². The minimum absolute atomic E-state index is 0.845. The van der Waals surface area contributed by atoms with Crippen LogP contribution in [0.25, 0.3) is 103 Å². The first-order valence-corrected chi connectivity index (χ1v) is 27.0. The van der Waals surface area contributed by atoms with E-state index in [1.165, 1.54) is 31.3 Å². The zero-order chi connectivity index (χ0) is 50.8. The highest BCUT2D eigenvalue weighted by molar-refractivity contribution is 7.26. The Balaban J connectivity index is 1.05. The fourth-order valence-corrected chi connectivity index (χ4v) is 12.8. The Hall–Kier alpha value is -9.94. The van der Waals surface area contributed by atoms with Crippen LogP contribution in [-0.4, -0.2) is 4.57 Å². The second kappa shape index (κ2) is 18.5. The second-order valence-corrected chi connectivity index (χ2v) is 20.7. The normalized spacial score (nSPS) is 11.6. The van der Waals surface area contributed by atoms with Crippen molar-refractivity contribution in [3.63, 3.8) is 0 Å². The second-order valence-electron chi connectivity index (χ2n) is 19.6. The van der Waals surface area contributed by atoms with E-state index < -0.39 is 0 Å². The summed E-state index contributed by atoms with van der Waals surface area (Å²) in [4.78, 5) is 4.89. The van der Waals surface area contributed by atoms with Crippen molar-refractivity contribution in [2.45, 2.75) is 0 Å². The third-order valence-corrected chi connectivity index (χ3v) is 16.3. The van der Waals surface area contributed by atoms with Crippen molar-refractivity contribution in [1.29, 1.82) is 0 Å². The van der Waals surface area contributed by atoms with Crippen LogP contribution in [0.15, 0.2) is 290 Å². The minimum Gasteiger partial charge on any atom is -0.454 e. The number of hydrogen-bond acceptors (Lipinski definition) is 4. The van der Waals surface area contributed by atoms with Crippen LogP contribution in [0.5, 0.6) is 0 Å². The largest absolute Gasteiger partial charge is 0.454 e. The molecule has 3 heterocycles. The summed E-state index contributed by atoms with van der Waals surface area (Å²) in [5, 5.41) is 6.89. The number of fused-ring (bicyclic) bond motifs is 10. The Labute approximate surface area is 449 Å². The van der Waals surface area contributed by atoms with E-state index in [1.807, 2.05) is 11.3 Å². The van der Waals surface area contributed by atoms with Crippen LogP contribution < -0.4 is 9.80 Å². The molecule has 0 radical (unpaired) electrons. The summed E-state index contributed by atoms with van der Waals surface area (Å²) >= 11 is 1.84. The summed E-state index contributed by atoms with van der Waals surface area (Å²) in [7, 11) is 0. The van der Waals surface area contributed by atoms with Gasteiger partial charge < -0.3 is 18.8 Å². The highest BCUT2D eigenvalue weighted by atomic mass is 32.1. The first-order chi connectivity index (χ1) is 38.2. The number of thiophene rings is 1. The number of benzene rings is 12. The third kappa shape index (κ3) is 7.58. The summed E-state index contributed by atoms with van der Waals surface area (Å²) in [6.45, 7) is 0. The Kier molecular flexibility index (Phi) is 10.7. The lowest BCUT2D eigenvalue weighted by atomic mass is 9.95. The SMILES string of the molecule is c1ccc(-c2ccc(N(c3ccc(-c4ccccc4)cc3)c3cc(-c4cc5c6ccccc6n(-c6ccccc6)c5c5oc6ccccc6c45)cc(N(c4ccccc4)c4cccc5sc6ccccc6c45)c3)cc2)cc1. The summed E-state index contributed by atoms with van der Waals surface area (Å²) < 4.78 is 12.1. The Morgan fingerprint density at radius 3 is 1.52 bits per heavy atom. The number of aromatic nitrogens is 1. The number of para-hydroxylation sites is 4. The Morgan fingerprint density at radius 1 is 0.325 bits per heavy atom. The van der Waals surface area contributed by atoms with E-state index in [1.54, 1.807) is 0 Å². The van der Waals surface area contributed by atoms with Crippen molar-refractivity contribution in [2.75, 3.05) is 9.80 Å². The van der Waals surface area contributed by atoms with Gasteiger partial charge in [0, 0.05) is 75.8 Å². The zero-order valence-corrected chi connectivity index (χ0v) is 42.6. The molecule has 0 bridgehead atoms. The first kappa shape index (κ1) is 44.5. The maximum absolute atomic E-state index is 7.19. The van der Waals surface area contributed by atoms with Crippen LogP contribution in [0.3, 0.4) is 0 Å². The predicted molar refractivity (Wildman–Crippen MR) is 327 cm³/mol. The summed E-state index contributed by atoms with van der Waals surface area (Å²) in [5.74, 6) is 0. The molecule has 0 aliphatic carbocycles. The quantitative estimate of drug-likeness (QED) is 0.136. The van der Waals surface area contributed by atoms with Crippen LogP contribution in [-0.2, 0) is 0 Å². The number of anilines is 6. The maximum atomic E-state index is 7.19. The molecule has 5 heteroatoms. The number of furan rings is 1. The van der Waals surface area contributed by atoms with Gasteiger partial charge in [-0.2, -0.15) is 0 Å². The molecule has 3 aromatic heterocycles. The van der Waals surface area contributed by atoms with Gasteiger partial charge in [0.15, 0.2) is 5.58 Å². The molecule has 12 aromatic carbocycles. The van der Waals surface area contributed by atoms with E-state index in [9.17, 15) is 0 Å². The van der Waals surface area contributed by atoms with Gasteiger partial charge in [0.2, 0.25) is 0 Å². The van der Waals surface area contributed by atoms with E-state index in [4.69, 9.17) is 4.42 Å². The molecule has 0 spiro atoms. The van der Waals surface area contributed by atoms with Gasteiger partial charge in [0.05, 0.1) is 16.7 Å². The maximum Gasteiger partial charge on any atom is 0.160 e. The van der Waals surface area contributed by atoms with Crippen molar-refractivity contribution < 1.29 is 4.42 Å². The van der Waals surface area contributed by atoms with Crippen molar-refractivity contribution in [3.05, 3.63) is 285 Å². The lowest BCUT2D eigenvalue weighted by molar-refractivity contribution is 0.671. The Bertz CT molecular complexity index is 4580. The molecule has 4 nitrogen and oxygen atoms in total. The number of rotatable bonds is 10. The molecule has 0 aliphatic rings. The molecule has 0 amide bonds. The lowest BCUT2D eigenvalue weighted by Crippen LogP contribution is -2.14. The van der Waals surface area contributed by atoms with Gasteiger partial charge in [-0.3, -0.25) is 0 Å².